The van der Waals surface area contributed by atoms with Gasteiger partial charge in [0.15, 0.2) is 5.82 Å². The maximum Gasteiger partial charge on any atom is 0.320 e. The van der Waals surface area contributed by atoms with E-state index in [0.29, 0.717) is 30.1 Å². The molecule has 0 radical (unpaired) electrons. The van der Waals surface area contributed by atoms with Crippen molar-refractivity contribution in [1.82, 2.24) is 24.6 Å². The number of benzene rings is 1. The number of methoxy groups -OCH3 is 1. The summed E-state index contributed by atoms with van der Waals surface area (Å²) in [7, 11) is 1.62. The number of hydrogen-bond donors (Lipinski definition) is 0. The normalized spacial score (nSPS) is 25.5. The first-order valence-corrected chi connectivity index (χ1v) is 12.8. The molecule has 0 N–H and O–H groups in total. The average molecular weight is 477 g/mol. The zero-order chi connectivity index (χ0) is 23.5. The molecule has 2 bridgehead atoms. The summed E-state index contributed by atoms with van der Waals surface area (Å²) in [6.45, 7) is 7.92. The van der Waals surface area contributed by atoms with Crippen molar-refractivity contribution in [2.24, 2.45) is 0 Å². The van der Waals surface area contributed by atoms with Gasteiger partial charge in [0, 0.05) is 18.0 Å². The summed E-state index contributed by atoms with van der Waals surface area (Å²) in [5, 5.41) is 5.87. The molecule has 0 spiro atoms. The third-order valence-corrected chi connectivity index (χ3v) is 8.33. The average Bonchev–Trinajstić information content (AvgIpc) is 3.58. The largest absolute Gasteiger partial charge is 0.467 e. The van der Waals surface area contributed by atoms with E-state index >= 15 is 0 Å². The van der Waals surface area contributed by atoms with Crippen molar-refractivity contribution in [2.45, 2.75) is 50.3 Å². The predicted octanol–water partition coefficient (Wildman–Crippen LogP) is 2.69. The van der Waals surface area contributed by atoms with Crippen LogP contribution >= 0.6 is 0 Å². The number of nitrogens with zero attached hydrogens (tertiary/aromatic N) is 6. The molecule has 35 heavy (non-hydrogen) atoms. The number of ether oxygens (including phenoxy) is 3. The van der Waals surface area contributed by atoms with Gasteiger partial charge in [0.2, 0.25) is 0 Å². The summed E-state index contributed by atoms with van der Waals surface area (Å²) in [6.07, 6.45) is 5.65. The number of rotatable bonds is 5. The van der Waals surface area contributed by atoms with E-state index in [2.05, 4.69) is 38.8 Å². The lowest BCUT2D eigenvalue weighted by Crippen LogP contribution is -2.51. The standard InChI is InChI=1S/C26H32N6O3/c1-16-7-18-11-27-32(23(18)9-22(16)17-3-5-30(6-4-17)20-13-34-14-20)25-10-24(28-26(29-25)33-2)31-12-21-8-19(31)15-35-21/h7,9-11,17,19-21H,3-6,8,12-15H2,1-2H3. The van der Waals surface area contributed by atoms with Gasteiger partial charge in [-0.25, -0.2) is 4.68 Å². The Morgan fingerprint density at radius 2 is 1.83 bits per heavy atom. The minimum Gasteiger partial charge on any atom is -0.467 e. The minimum atomic E-state index is 0.295. The third-order valence-electron chi connectivity index (χ3n) is 8.33. The monoisotopic (exact) mass is 476 g/mol. The number of fused-ring (bicyclic) bond motifs is 3. The van der Waals surface area contributed by atoms with Crippen LogP contribution in [-0.4, -0.2) is 89.4 Å². The van der Waals surface area contributed by atoms with Crippen molar-refractivity contribution in [3.63, 3.8) is 0 Å². The summed E-state index contributed by atoms with van der Waals surface area (Å²) in [4.78, 5) is 14.3. The Morgan fingerprint density at radius 1 is 1.00 bits per heavy atom. The van der Waals surface area contributed by atoms with E-state index in [1.54, 1.807) is 7.11 Å². The number of piperidine rings is 1. The van der Waals surface area contributed by atoms with Crippen molar-refractivity contribution in [2.75, 3.05) is 51.5 Å². The lowest BCUT2D eigenvalue weighted by molar-refractivity contribution is -0.0712. The Kier molecular flexibility index (Phi) is 5.18. The molecule has 0 amide bonds. The summed E-state index contributed by atoms with van der Waals surface area (Å²) in [5.41, 5.74) is 3.86. The van der Waals surface area contributed by atoms with E-state index in [9.17, 15) is 0 Å². The Morgan fingerprint density at radius 3 is 2.51 bits per heavy atom. The lowest BCUT2D eigenvalue weighted by atomic mass is 9.85. The van der Waals surface area contributed by atoms with Gasteiger partial charge in [-0.1, -0.05) is 0 Å². The van der Waals surface area contributed by atoms with E-state index < -0.39 is 0 Å². The molecule has 2 unspecified atom stereocenters. The lowest BCUT2D eigenvalue weighted by Gasteiger charge is -2.41. The van der Waals surface area contributed by atoms with E-state index in [4.69, 9.17) is 19.3 Å². The van der Waals surface area contributed by atoms with Crippen molar-refractivity contribution < 1.29 is 14.2 Å². The highest BCUT2D eigenvalue weighted by Crippen LogP contribution is 2.36. The van der Waals surface area contributed by atoms with Crippen molar-refractivity contribution >= 4 is 16.7 Å². The molecule has 1 aromatic carbocycles. The molecule has 3 aromatic rings. The Balaban J connectivity index is 1.22. The molecular weight excluding hydrogens is 444 g/mol. The summed E-state index contributed by atoms with van der Waals surface area (Å²) in [5.74, 6) is 2.18. The first-order chi connectivity index (χ1) is 17.2. The van der Waals surface area contributed by atoms with Crippen LogP contribution in [0.1, 0.15) is 36.3 Å². The van der Waals surface area contributed by atoms with Gasteiger partial charge >= 0.3 is 6.01 Å². The molecule has 9 nitrogen and oxygen atoms in total. The molecule has 0 aliphatic carbocycles. The van der Waals surface area contributed by atoms with Crippen LogP contribution in [0.15, 0.2) is 24.4 Å². The fraction of sp³-hybridized carbons (Fsp3) is 0.577. The van der Waals surface area contributed by atoms with Crippen LogP contribution in [0.3, 0.4) is 0 Å². The van der Waals surface area contributed by atoms with Crippen molar-refractivity contribution in [3.05, 3.63) is 35.5 Å². The van der Waals surface area contributed by atoms with Gasteiger partial charge in [-0.2, -0.15) is 15.1 Å². The molecular formula is C26H32N6O3. The van der Waals surface area contributed by atoms with Crippen LogP contribution in [0.5, 0.6) is 6.01 Å². The molecule has 2 atom stereocenters. The molecule has 4 aliphatic heterocycles. The topological polar surface area (TPSA) is 77.8 Å². The number of anilines is 1. The second-order valence-corrected chi connectivity index (χ2v) is 10.4. The quantitative estimate of drug-likeness (QED) is 0.556. The number of aryl methyl sites for hydroxylation is 1. The van der Waals surface area contributed by atoms with Gasteiger partial charge in [0.1, 0.15) is 5.82 Å². The van der Waals surface area contributed by atoms with Gasteiger partial charge < -0.3 is 19.1 Å². The van der Waals surface area contributed by atoms with Crippen LogP contribution in [0, 0.1) is 6.92 Å². The summed E-state index contributed by atoms with van der Waals surface area (Å²) in [6, 6.07) is 8.01. The van der Waals surface area contributed by atoms with E-state index in [1.165, 1.54) is 24.0 Å². The zero-order valence-electron chi connectivity index (χ0n) is 20.4. The highest BCUT2D eigenvalue weighted by molar-refractivity contribution is 5.82. The molecule has 4 aliphatic rings. The van der Waals surface area contributed by atoms with E-state index in [-0.39, 0.29) is 0 Å². The maximum absolute atomic E-state index is 5.79. The maximum atomic E-state index is 5.79. The SMILES string of the molecule is COc1nc(N2CC3CC2CO3)cc(-n2ncc3cc(C)c(C4CCN(C5COC5)CC4)cc32)n1. The molecule has 4 fully saturated rings. The van der Waals surface area contributed by atoms with Crippen LogP contribution in [0.2, 0.25) is 0 Å². The van der Waals surface area contributed by atoms with Crippen LogP contribution < -0.4 is 9.64 Å². The Labute approximate surface area is 205 Å². The highest BCUT2D eigenvalue weighted by Gasteiger charge is 2.40. The molecule has 2 aromatic heterocycles. The molecule has 6 heterocycles. The minimum absolute atomic E-state index is 0.295. The van der Waals surface area contributed by atoms with Gasteiger partial charge in [0.25, 0.3) is 0 Å². The highest BCUT2D eigenvalue weighted by atomic mass is 16.5. The number of hydrogen-bond acceptors (Lipinski definition) is 8. The third kappa shape index (κ3) is 3.68. The fourth-order valence-electron chi connectivity index (χ4n) is 6.26. The smallest absolute Gasteiger partial charge is 0.320 e. The predicted molar refractivity (Wildman–Crippen MR) is 132 cm³/mol. The van der Waals surface area contributed by atoms with Gasteiger partial charge in [-0.3, -0.25) is 4.90 Å². The summed E-state index contributed by atoms with van der Waals surface area (Å²) < 4.78 is 18.6. The first kappa shape index (κ1) is 21.5. The fourth-order valence-corrected chi connectivity index (χ4v) is 6.26. The molecule has 184 valence electrons. The van der Waals surface area contributed by atoms with Crippen molar-refractivity contribution in [3.8, 4) is 11.8 Å². The van der Waals surface area contributed by atoms with Gasteiger partial charge in [-0.05, 0) is 68.5 Å². The first-order valence-electron chi connectivity index (χ1n) is 12.8. The molecule has 7 rings (SSSR count). The second kappa shape index (κ2) is 8.43. The molecule has 4 saturated heterocycles. The number of morpholine rings is 1. The number of likely N-dealkylation sites (tertiary alicyclic amines) is 1. The molecule has 0 saturated carbocycles. The number of aromatic nitrogens is 4. The van der Waals surface area contributed by atoms with Crippen LogP contribution in [0.4, 0.5) is 5.82 Å². The van der Waals surface area contributed by atoms with Crippen molar-refractivity contribution in [1.29, 1.82) is 0 Å². The van der Waals surface area contributed by atoms with Gasteiger partial charge in [0.05, 0.1) is 56.8 Å². The summed E-state index contributed by atoms with van der Waals surface area (Å²) >= 11 is 0. The zero-order valence-corrected chi connectivity index (χ0v) is 20.4. The van der Waals surface area contributed by atoms with Crippen LogP contribution in [-0.2, 0) is 9.47 Å². The van der Waals surface area contributed by atoms with Crippen LogP contribution in [0.25, 0.3) is 16.7 Å². The Hall–Kier alpha value is -2.75. The van der Waals surface area contributed by atoms with Gasteiger partial charge in [-0.15, -0.1) is 0 Å². The molecule has 9 heteroatoms. The Bertz CT molecular complexity index is 1250. The van der Waals surface area contributed by atoms with E-state index in [0.717, 1.165) is 68.4 Å². The second-order valence-electron chi connectivity index (χ2n) is 10.4. The van der Waals surface area contributed by atoms with E-state index in [1.807, 2.05) is 16.9 Å².